The molecule has 28 heavy (non-hydrogen) atoms. The Bertz CT molecular complexity index is 968. The smallest absolute Gasteiger partial charge is 0.335 e. The van der Waals surface area contributed by atoms with Crippen molar-refractivity contribution >= 4 is 11.9 Å². The number of carbonyl (C=O) groups is 2. The summed E-state index contributed by atoms with van der Waals surface area (Å²) in [6.07, 6.45) is 3.36. The Morgan fingerprint density at radius 1 is 1.18 bits per heavy atom. The van der Waals surface area contributed by atoms with E-state index in [1.165, 1.54) is 16.8 Å². The summed E-state index contributed by atoms with van der Waals surface area (Å²) in [6.45, 7) is 2.32. The number of aromatic carboxylic acids is 1. The molecule has 2 N–H and O–H groups in total. The van der Waals surface area contributed by atoms with Gasteiger partial charge in [-0.1, -0.05) is 5.21 Å². The van der Waals surface area contributed by atoms with Crippen LogP contribution in [0.5, 0.6) is 0 Å². The SMILES string of the molecule is Cc1ccnc(CNC(=O)COCc2cn(-c3ccc(C(=O)O)cc3)nn2)c1. The maximum absolute atomic E-state index is 11.9. The van der Waals surface area contributed by atoms with Gasteiger partial charge in [-0.25, -0.2) is 9.48 Å². The standard InChI is InChI=1S/C19H19N5O4/c1-13-6-7-20-15(8-13)9-21-18(25)12-28-11-16-10-24(23-22-16)17-4-2-14(3-5-17)19(26)27/h2-8,10H,9,11-12H2,1H3,(H,21,25)(H,26,27). The number of carboxylic acid groups (broad SMARTS) is 1. The lowest BCUT2D eigenvalue weighted by atomic mass is 10.2. The highest BCUT2D eigenvalue weighted by molar-refractivity contribution is 5.87. The summed E-state index contributed by atoms with van der Waals surface area (Å²) in [6, 6.07) is 10.0. The van der Waals surface area contributed by atoms with Gasteiger partial charge >= 0.3 is 5.97 Å². The zero-order valence-corrected chi connectivity index (χ0v) is 15.2. The molecule has 0 fully saturated rings. The van der Waals surface area contributed by atoms with Crippen molar-refractivity contribution in [2.75, 3.05) is 6.61 Å². The second kappa shape index (κ2) is 8.87. The summed E-state index contributed by atoms with van der Waals surface area (Å²) in [5.74, 6) is -1.24. The van der Waals surface area contributed by atoms with Gasteiger partial charge < -0.3 is 15.2 Å². The molecule has 3 aromatic rings. The molecule has 144 valence electrons. The Labute approximate surface area is 161 Å². The van der Waals surface area contributed by atoms with Gasteiger partial charge in [0.1, 0.15) is 12.3 Å². The highest BCUT2D eigenvalue weighted by atomic mass is 16.5. The molecule has 2 aromatic heterocycles. The first-order chi connectivity index (χ1) is 13.5. The Kier molecular flexibility index (Phi) is 6.07. The van der Waals surface area contributed by atoms with Crippen LogP contribution in [0.3, 0.4) is 0 Å². The van der Waals surface area contributed by atoms with Gasteiger partial charge in [-0.15, -0.1) is 5.10 Å². The van der Waals surface area contributed by atoms with Crippen molar-refractivity contribution in [1.29, 1.82) is 0 Å². The fraction of sp³-hybridized carbons (Fsp3) is 0.211. The normalized spacial score (nSPS) is 10.6. The molecule has 0 radical (unpaired) electrons. The number of carboxylic acids is 1. The molecular formula is C19H19N5O4. The van der Waals surface area contributed by atoms with Crippen molar-refractivity contribution in [3.05, 3.63) is 71.3 Å². The minimum absolute atomic E-state index is 0.105. The first-order valence-corrected chi connectivity index (χ1v) is 8.52. The average Bonchev–Trinajstić information content (AvgIpc) is 3.15. The average molecular weight is 381 g/mol. The van der Waals surface area contributed by atoms with E-state index in [1.54, 1.807) is 24.5 Å². The maximum atomic E-state index is 11.9. The lowest BCUT2D eigenvalue weighted by molar-refractivity contribution is -0.126. The van der Waals surface area contributed by atoms with Gasteiger partial charge in [0.05, 0.1) is 36.3 Å². The third-order valence-electron chi connectivity index (χ3n) is 3.84. The number of nitrogens with one attached hydrogen (secondary N) is 1. The number of aryl methyl sites for hydroxylation is 1. The summed E-state index contributed by atoms with van der Waals surface area (Å²) in [7, 11) is 0. The molecule has 0 bridgehead atoms. The van der Waals surface area contributed by atoms with E-state index in [9.17, 15) is 9.59 Å². The Hall–Kier alpha value is -3.59. The van der Waals surface area contributed by atoms with Crippen LogP contribution in [-0.4, -0.2) is 43.6 Å². The molecule has 1 amide bonds. The monoisotopic (exact) mass is 381 g/mol. The van der Waals surface area contributed by atoms with Crippen LogP contribution in [0.25, 0.3) is 5.69 Å². The fourth-order valence-corrected chi connectivity index (χ4v) is 2.43. The van der Waals surface area contributed by atoms with Crippen LogP contribution in [0, 0.1) is 6.92 Å². The lowest BCUT2D eigenvalue weighted by Gasteiger charge is -2.05. The van der Waals surface area contributed by atoms with Crippen LogP contribution in [0.1, 0.15) is 27.3 Å². The summed E-state index contributed by atoms with van der Waals surface area (Å²) >= 11 is 0. The van der Waals surface area contributed by atoms with E-state index in [0.29, 0.717) is 17.9 Å². The highest BCUT2D eigenvalue weighted by Gasteiger charge is 2.07. The molecule has 0 aliphatic heterocycles. The van der Waals surface area contributed by atoms with Crippen molar-refractivity contribution in [3.8, 4) is 5.69 Å². The molecule has 2 heterocycles. The van der Waals surface area contributed by atoms with Gasteiger partial charge in [0, 0.05) is 6.20 Å². The van der Waals surface area contributed by atoms with Gasteiger partial charge in [-0.2, -0.15) is 0 Å². The topological polar surface area (TPSA) is 119 Å². The van der Waals surface area contributed by atoms with Gasteiger partial charge in [-0.3, -0.25) is 9.78 Å². The number of amides is 1. The molecule has 3 rings (SSSR count). The number of aromatic nitrogens is 4. The molecule has 0 unspecified atom stereocenters. The van der Waals surface area contributed by atoms with E-state index in [-0.39, 0.29) is 24.7 Å². The number of benzene rings is 1. The van der Waals surface area contributed by atoms with Gasteiger partial charge in [-0.05, 0) is 48.9 Å². The van der Waals surface area contributed by atoms with Gasteiger partial charge in [0.15, 0.2) is 0 Å². The number of nitrogens with zero attached hydrogens (tertiary/aromatic N) is 4. The molecule has 0 spiro atoms. The number of pyridine rings is 1. The van der Waals surface area contributed by atoms with Crippen LogP contribution in [0.2, 0.25) is 0 Å². The zero-order valence-electron chi connectivity index (χ0n) is 15.2. The molecule has 0 aliphatic rings. The van der Waals surface area contributed by atoms with E-state index < -0.39 is 5.97 Å². The Balaban J connectivity index is 1.45. The van der Waals surface area contributed by atoms with Crippen LogP contribution >= 0.6 is 0 Å². The third-order valence-corrected chi connectivity index (χ3v) is 3.84. The van der Waals surface area contributed by atoms with Crippen molar-refractivity contribution in [2.24, 2.45) is 0 Å². The van der Waals surface area contributed by atoms with E-state index in [2.05, 4.69) is 20.6 Å². The van der Waals surface area contributed by atoms with Crippen LogP contribution < -0.4 is 5.32 Å². The van der Waals surface area contributed by atoms with Crippen LogP contribution in [0.15, 0.2) is 48.8 Å². The quantitative estimate of drug-likeness (QED) is 0.607. The molecule has 9 nitrogen and oxygen atoms in total. The highest BCUT2D eigenvalue weighted by Crippen LogP contribution is 2.09. The van der Waals surface area contributed by atoms with Crippen molar-refractivity contribution in [1.82, 2.24) is 25.3 Å². The predicted octanol–water partition coefficient (Wildman–Crippen LogP) is 1.50. The summed E-state index contributed by atoms with van der Waals surface area (Å²) in [5, 5.41) is 19.6. The molecule has 0 saturated heterocycles. The zero-order chi connectivity index (χ0) is 19.9. The first kappa shape index (κ1) is 19.2. The third kappa shape index (κ3) is 5.21. The van der Waals surface area contributed by atoms with Crippen LogP contribution in [0.4, 0.5) is 0 Å². The fourth-order valence-electron chi connectivity index (χ4n) is 2.43. The molecular weight excluding hydrogens is 362 g/mol. The number of hydrogen-bond donors (Lipinski definition) is 2. The molecule has 0 atom stereocenters. The van der Waals surface area contributed by atoms with E-state index >= 15 is 0 Å². The summed E-state index contributed by atoms with van der Waals surface area (Å²) in [4.78, 5) is 26.9. The second-order valence-electron chi connectivity index (χ2n) is 6.10. The summed E-state index contributed by atoms with van der Waals surface area (Å²) in [5.41, 5.74) is 3.28. The van der Waals surface area contributed by atoms with Gasteiger partial charge in [0.25, 0.3) is 0 Å². The first-order valence-electron chi connectivity index (χ1n) is 8.52. The lowest BCUT2D eigenvalue weighted by Crippen LogP contribution is -2.27. The Morgan fingerprint density at radius 3 is 2.68 bits per heavy atom. The van der Waals surface area contributed by atoms with E-state index in [0.717, 1.165) is 11.3 Å². The van der Waals surface area contributed by atoms with E-state index in [4.69, 9.17) is 9.84 Å². The molecule has 9 heteroatoms. The second-order valence-corrected chi connectivity index (χ2v) is 6.10. The molecule has 0 aliphatic carbocycles. The minimum atomic E-state index is -0.990. The van der Waals surface area contributed by atoms with Crippen molar-refractivity contribution in [3.63, 3.8) is 0 Å². The Morgan fingerprint density at radius 2 is 1.96 bits per heavy atom. The van der Waals surface area contributed by atoms with Gasteiger partial charge in [0.2, 0.25) is 5.91 Å². The van der Waals surface area contributed by atoms with Crippen LogP contribution in [-0.2, 0) is 22.7 Å². The number of carbonyl (C=O) groups excluding carboxylic acids is 1. The van der Waals surface area contributed by atoms with Crippen molar-refractivity contribution < 1.29 is 19.4 Å². The summed E-state index contributed by atoms with van der Waals surface area (Å²) < 4.78 is 6.88. The number of ether oxygens (including phenoxy) is 1. The molecule has 1 aromatic carbocycles. The minimum Gasteiger partial charge on any atom is -0.478 e. The van der Waals surface area contributed by atoms with E-state index in [1.807, 2.05) is 19.1 Å². The largest absolute Gasteiger partial charge is 0.478 e. The van der Waals surface area contributed by atoms with Crippen molar-refractivity contribution in [2.45, 2.75) is 20.1 Å². The molecule has 0 saturated carbocycles. The maximum Gasteiger partial charge on any atom is 0.335 e. The number of rotatable bonds is 8. The number of hydrogen-bond acceptors (Lipinski definition) is 6. The predicted molar refractivity (Wildman–Crippen MR) is 98.8 cm³/mol.